The Hall–Kier alpha value is -2.30. The number of carbonyl (C=O) groups is 1. The Morgan fingerprint density at radius 1 is 1.35 bits per heavy atom. The minimum atomic E-state index is -0.466. The molecule has 0 radical (unpaired) electrons. The molecule has 1 aromatic heterocycles. The molecule has 1 heterocycles. The molecular weight excluding hydrogens is 254 g/mol. The molecule has 5 nitrogen and oxygen atoms in total. The zero-order valence-corrected chi connectivity index (χ0v) is 11.6. The van der Waals surface area contributed by atoms with Gasteiger partial charge in [0.15, 0.2) is 5.69 Å². The lowest BCUT2D eigenvalue weighted by Gasteiger charge is -2.02. The molecule has 0 unspecified atom stereocenters. The summed E-state index contributed by atoms with van der Waals surface area (Å²) in [5.74, 6) is -0.466. The van der Waals surface area contributed by atoms with Gasteiger partial charge in [-0.2, -0.15) is 5.10 Å². The molecule has 0 saturated carbocycles. The first-order valence-electron chi connectivity index (χ1n) is 6.74. The SMILES string of the molecule is CCOC(=O)c1nn(CCCc2ccccc2)cc1N. The Bertz CT molecular complexity index is 564. The third kappa shape index (κ3) is 3.60. The molecule has 0 atom stereocenters. The Labute approximate surface area is 118 Å². The van der Waals surface area contributed by atoms with Crippen molar-refractivity contribution in [2.24, 2.45) is 0 Å². The summed E-state index contributed by atoms with van der Waals surface area (Å²) >= 11 is 0. The van der Waals surface area contributed by atoms with E-state index in [0.717, 1.165) is 19.4 Å². The lowest BCUT2D eigenvalue weighted by Crippen LogP contribution is -2.09. The molecule has 20 heavy (non-hydrogen) atoms. The van der Waals surface area contributed by atoms with Gasteiger partial charge in [-0.1, -0.05) is 30.3 Å². The van der Waals surface area contributed by atoms with Gasteiger partial charge in [0.05, 0.1) is 12.3 Å². The molecular formula is C15H19N3O2. The highest BCUT2D eigenvalue weighted by Gasteiger charge is 2.15. The summed E-state index contributed by atoms with van der Waals surface area (Å²) in [6.45, 7) is 2.79. The molecule has 2 rings (SSSR count). The van der Waals surface area contributed by atoms with Crippen LogP contribution in [0, 0.1) is 0 Å². The molecule has 0 aliphatic rings. The van der Waals surface area contributed by atoms with E-state index in [2.05, 4.69) is 17.2 Å². The summed E-state index contributed by atoms with van der Waals surface area (Å²) in [7, 11) is 0. The van der Waals surface area contributed by atoms with E-state index < -0.39 is 5.97 Å². The Kier molecular flexibility index (Phi) is 4.76. The number of nitrogen functional groups attached to an aromatic ring is 1. The van der Waals surface area contributed by atoms with E-state index >= 15 is 0 Å². The summed E-state index contributed by atoms with van der Waals surface area (Å²) in [5, 5.41) is 4.18. The van der Waals surface area contributed by atoms with Crippen molar-refractivity contribution in [2.45, 2.75) is 26.3 Å². The fraction of sp³-hybridized carbons (Fsp3) is 0.333. The summed E-state index contributed by atoms with van der Waals surface area (Å²) < 4.78 is 6.60. The summed E-state index contributed by atoms with van der Waals surface area (Å²) in [4.78, 5) is 11.6. The number of hydrogen-bond donors (Lipinski definition) is 1. The molecule has 0 fully saturated rings. The molecule has 0 aliphatic heterocycles. The molecule has 2 N–H and O–H groups in total. The zero-order valence-electron chi connectivity index (χ0n) is 11.6. The predicted molar refractivity (Wildman–Crippen MR) is 77.4 cm³/mol. The van der Waals surface area contributed by atoms with Crippen LogP contribution in [0.15, 0.2) is 36.5 Å². The summed E-state index contributed by atoms with van der Waals surface area (Å²) in [6, 6.07) is 10.3. The highest BCUT2D eigenvalue weighted by atomic mass is 16.5. The van der Waals surface area contributed by atoms with E-state index in [4.69, 9.17) is 10.5 Å². The van der Waals surface area contributed by atoms with Crippen molar-refractivity contribution >= 4 is 11.7 Å². The van der Waals surface area contributed by atoms with E-state index in [9.17, 15) is 4.79 Å². The van der Waals surface area contributed by atoms with Crippen LogP contribution in [0.5, 0.6) is 0 Å². The fourth-order valence-corrected chi connectivity index (χ4v) is 2.00. The quantitative estimate of drug-likeness (QED) is 0.820. The van der Waals surface area contributed by atoms with Crippen LogP contribution >= 0.6 is 0 Å². The molecule has 5 heteroatoms. The third-order valence-electron chi connectivity index (χ3n) is 2.95. The highest BCUT2D eigenvalue weighted by molar-refractivity contribution is 5.92. The van der Waals surface area contributed by atoms with Gasteiger partial charge in [0.1, 0.15) is 0 Å². The van der Waals surface area contributed by atoms with Crippen molar-refractivity contribution in [1.82, 2.24) is 9.78 Å². The number of aromatic nitrogens is 2. The van der Waals surface area contributed by atoms with Crippen LogP contribution in [0.2, 0.25) is 0 Å². The maximum Gasteiger partial charge on any atom is 0.361 e. The Balaban J connectivity index is 1.91. The number of rotatable bonds is 6. The van der Waals surface area contributed by atoms with Crippen molar-refractivity contribution in [3.8, 4) is 0 Å². The second-order valence-corrected chi connectivity index (χ2v) is 4.51. The molecule has 2 aromatic rings. The van der Waals surface area contributed by atoms with E-state index in [0.29, 0.717) is 12.3 Å². The van der Waals surface area contributed by atoms with Crippen LogP contribution in [0.25, 0.3) is 0 Å². The first-order chi connectivity index (χ1) is 9.70. The van der Waals surface area contributed by atoms with Crippen LogP contribution in [-0.2, 0) is 17.7 Å². The lowest BCUT2D eigenvalue weighted by molar-refractivity contribution is 0.0519. The number of aryl methyl sites for hydroxylation is 2. The Morgan fingerprint density at radius 3 is 2.80 bits per heavy atom. The van der Waals surface area contributed by atoms with Gasteiger partial charge in [-0.05, 0) is 25.3 Å². The number of carbonyl (C=O) groups excluding carboxylic acids is 1. The van der Waals surface area contributed by atoms with Gasteiger partial charge < -0.3 is 10.5 Å². The van der Waals surface area contributed by atoms with Crippen LogP contribution in [0.4, 0.5) is 5.69 Å². The van der Waals surface area contributed by atoms with E-state index in [1.54, 1.807) is 17.8 Å². The Morgan fingerprint density at radius 2 is 2.10 bits per heavy atom. The average Bonchev–Trinajstić information content (AvgIpc) is 2.81. The van der Waals surface area contributed by atoms with E-state index in [1.807, 2.05) is 18.2 Å². The lowest BCUT2D eigenvalue weighted by atomic mass is 10.1. The van der Waals surface area contributed by atoms with Gasteiger partial charge in [-0.25, -0.2) is 4.79 Å². The molecule has 0 amide bonds. The molecule has 0 spiro atoms. The molecule has 0 bridgehead atoms. The monoisotopic (exact) mass is 273 g/mol. The van der Waals surface area contributed by atoms with Crippen molar-refractivity contribution in [1.29, 1.82) is 0 Å². The van der Waals surface area contributed by atoms with Gasteiger partial charge in [-0.3, -0.25) is 4.68 Å². The highest BCUT2D eigenvalue weighted by Crippen LogP contribution is 2.11. The van der Waals surface area contributed by atoms with Crippen LogP contribution in [-0.4, -0.2) is 22.4 Å². The standard InChI is InChI=1S/C15H19N3O2/c1-2-20-15(19)14-13(16)11-18(17-14)10-6-9-12-7-4-3-5-8-12/h3-5,7-8,11H,2,6,9-10,16H2,1H3. The van der Waals surface area contributed by atoms with Crippen LogP contribution < -0.4 is 5.73 Å². The number of ether oxygens (including phenoxy) is 1. The summed E-state index contributed by atoms with van der Waals surface area (Å²) in [6.07, 6.45) is 3.58. The number of nitrogens with two attached hydrogens (primary N) is 1. The van der Waals surface area contributed by atoms with Gasteiger partial charge in [0.25, 0.3) is 0 Å². The average molecular weight is 273 g/mol. The smallest absolute Gasteiger partial charge is 0.361 e. The number of hydrogen-bond acceptors (Lipinski definition) is 4. The van der Waals surface area contributed by atoms with Crippen LogP contribution in [0.3, 0.4) is 0 Å². The first-order valence-corrected chi connectivity index (χ1v) is 6.74. The number of anilines is 1. The van der Waals surface area contributed by atoms with Crippen molar-refractivity contribution < 1.29 is 9.53 Å². The van der Waals surface area contributed by atoms with Gasteiger partial charge >= 0.3 is 5.97 Å². The predicted octanol–water partition coefficient (Wildman–Crippen LogP) is 2.27. The van der Waals surface area contributed by atoms with Gasteiger partial charge in [0.2, 0.25) is 0 Å². The van der Waals surface area contributed by atoms with Crippen molar-refractivity contribution in [3.05, 3.63) is 47.8 Å². The second kappa shape index (κ2) is 6.75. The van der Waals surface area contributed by atoms with Crippen LogP contribution in [0.1, 0.15) is 29.4 Å². The number of esters is 1. The largest absolute Gasteiger partial charge is 0.461 e. The van der Waals surface area contributed by atoms with E-state index in [1.165, 1.54) is 5.56 Å². The fourth-order valence-electron chi connectivity index (χ4n) is 2.00. The minimum absolute atomic E-state index is 0.201. The zero-order chi connectivity index (χ0) is 14.4. The summed E-state index contributed by atoms with van der Waals surface area (Å²) in [5.41, 5.74) is 7.63. The number of nitrogens with zero attached hydrogens (tertiary/aromatic N) is 2. The normalized spacial score (nSPS) is 10.4. The second-order valence-electron chi connectivity index (χ2n) is 4.51. The van der Waals surface area contributed by atoms with Gasteiger partial charge in [0, 0.05) is 12.7 Å². The molecule has 0 saturated heterocycles. The van der Waals surface area contributed by atoms with Crippen molar-refractivity contribution in [2.75, 3.05) is 12.3 Å². The third-order valence-corrected chi connectivity index (χ3v) is 2.95. The van der Waals surface area contributed by atoms with E-state index in [-0.39, 0.29) is 5.69 Å². The topological polar surface area (TPSA) is 70.1 Å². The maximum absolute atomic E-state index is 11.6. The molecule has 106 valence electrons. The maximum atomic E-state index is 11.6. The molecule has 1 aromatic carbocycles. The minimum Gasteiger partial charge on any atom is -0.461 e. The molecule has 0 aliphatic carbocycles. The first kappa shape index (κ1) is 14.1. The van der Waals surface area contributed by atoms with Gasteiger partial charge in [-0.15, -0.1) is 0 Å². The van der Waals surface area contributed by atoms with Crippen molar-refractivity contribution in [3.63, 3.8) is 0 Å². The number of benzene rings is 1.